The van der Waals surface area contributed by atoms with Crippen LogP contribution in [-0.4, -0.2) is 34.5 Å². The Morgan fingerprint density at radius 1 is 0.900 bits per heavy atom. The number of nitrogens with zero attached hydrogens (tertiary/aromatic N) is 4. The Morgan fingerprint density at radius 2 is 1.70 bits per heavy atom. The second-order valence-electron chi connectivity index (χ2n) is 9.41. The van der Waals surface area contributed by atoms with E-state index in [1.165, 1.54) is 23.5 Å². The number of anilines is 2. The van der Waals surface area contributed by atoms with Crippen LogP contribution in [0.3, 0.4) is 0 Å². The molecule has 0 saturated heterocycles. The van der Waals surface area contributed by atoms with Gasteiger partial charge in [0.1, 0.15) is 23.7 Å². The number of hydrogen-bond acceptors (Lipinski definition) is 7. The van der Waals surface area contributed by atoms with Crippen LogP contribution in [0.15, 0.2) is 90.2 Å². The van der Waals surface area contributed by atoms with Gasteiger partial charge < -0.3 is 10.1 Å². The Labute approximate surface area is 230 Å². The normalized spacial score (nSPS) is 11.7. The third-order valence-electron chi connectivity index (χ3n) is 6.71. The molecule has 3 aromatic heterocycles. The van der Waals surface area contributed by atoms with Gasteiger partial charge in [-0.3, -0.25) is 0 Å². The monoisotopic (exact) mass is 553 g/mol. The van der Waals surface area contributed by atoms with Crippen molar-refractivity contribution >= 4 is 43.5 Å². The van der Waals surface area contributed by atoms with Crippen molar-refractivity contribution in [3.63, 3.8) is 0 Å². The molecule has 1 N–H and O–H groups in total. The zero-order chi connectivity index (χ0) is 28.0. The van der Waals surface area contributed by atoms with Crippen molar-refractivity contribution in [2.24, 2.45) is 0 Å². The first-order chi connectivity index (χ1) is 19.2. The maximum Gasteiger partial charge on any atom is 0.269 e. The maximum atomic E-state index is 14.7. The molecule has 0 unspecified atom stereocenters. The molecule has 0 fully saturated rings. The van der Waals surface area contributed by atoms with E-state index in [-0.39, 0.29) is 10.6 Å². The average molecular weight is 554 g/mol. The average Bonchev–Trinajstić information content (AvgIpc) is 3.33. The number of ether oxygens (including phenoxy) is 1. The Hall–Kier alpha value is -4.83. The summed E-state index contributed by atoms with van der Waals surface area (Å²) in [4.78, 5) is 13.5. The van der Waals surface area contributed by atoms with Crippen LogP contribution in [0.1, 0.15) is 11.3 Å². The highest BCUT2D eigenvalue weighted by Crippen LogP contribution is 2.35. The standard InChI is InChI=1S/C30H24FN5O3S/c1-18-4-9-22(10-5-18)40(37,38)36-16-25(23-11-6-19(2)34-30(23)36)20-7-12-27-24(14-20)29(33-17-32-27)35-28-13-8-21(39-3)15-26(28)31/h4-17H,1-3H3,(H,32,33,35). The highest BCUT2D eigenvalue weighted by Gasteiger charge is 2.23. The minimum atomic E-state index is -3.92. The molecule has 0 saturated carbocycles. The fraction of sp³-hybridized carbons (Fsp3) is 0.100. The van der Waals surface area contributed by atoms with Crippen molar-refractivity contribution in [1.29, 1.82) is 0 Å². The van der Waals surface area contributed by atoms with Gasteiger partial charge in [-0.1, -0.05) is 23.8 Å². The summed E-state index contributed by atoms with van der Waals surface area (Å²) in [7, 11) is -2.45. The lowest BCUT2D eigenvalue weighted by atomic mass is 10.0. The Morgan fingerprint density at radius 3 is 2.45 bits per heavy atom. The molecule has 10 heteroatoms. The SMILES string of the molecule is COc1ccc(Nc2ncnc3ccc(-c4cn(S(=O)(=O)c5ccc(C)cc5)c5nc(C)ccc45)cc23)c(F)c1. The van der Waals surface area contributed by atoms with Gasteiger partial charge in [0.2, 0.25) is 0 Å². The number of nitrogens with one attached hydrogen (secondary N) is 1. The number of aromatic nitrogens is 4. The molecule has 0 atom stereocenters. The van der Waals surface area contributed by atoms with Crippen molar-refractivity contribution < 1.29 is 17.5 Å². The molecule has 0 bridgehead atoms. The van der Waals surface area contributed by atoms with E-state index < -0.39 is 15.8 Å². The molecule has 0 amide bonds. The summed E-state index contributed by atoms with van der Waals surface area (Å²) in [6.07, 6.45) is 2.99. The fourth-order valence-electron chi connectivity index (χ4n) is 4.58. The molecule has 0 aliphatic rings. The van der Waals surface area contributed by atoms with E-state index >= 15 is 0 Å². The van der Waals surface area contributed by atoms with Crippen molar-refractivity contribution in [2.45, 2.75) is 18.7 Å². The zero-order valence-electron chi connectivity index (χ0n) is 21.9. The van der Waals surface area contributed by atoms with Crippen LogP contribution in [0, 0.1) is 19.7 Å². The number of rotatable bonds is 6. The fourth-order valence-corrected chi connectivity index (χ4v) is 5.90. The van der Waals surface area contributed by atoms with Crippen LogP contribution < -0.4 is 10.1 Å². The number of aryl methyl sites for hydroxylation is 2. The molecule has 3 heterocycles. The molecule has 6 aromatic rings. The van der Waals surface area contributed by atoms with Crippen LogP contribution >= 0.6 is 0 Å². The number of hydrogen-bond donors (Lipinski definition) is 1. The van der Waals surface area contributed by atoms with Gasteiger partial charge in [0.15, 0.2) is 5.65 Å². The van der Waals surface area contributed by atoms with Gasteiger partial charge in [-0.05, 0) is 67.9 Å². The first-order valence-electron chi connectivity index (χ1n) is 12.4. The summed E-state index contributed by atoms with van der Waals surface area (Å²) >= 11 is 0. The quantitative estimate of drug-likeness (QED) is 0.255. The summed E-state index contributed by atoms with van der Waals surface area (Å²) in [6.45, 7) is 3.72. The van der Waals surface area contributed by atoms with Crippen molar-refractivity contribution in [3.8, 4) is 16.9 Å². The molecule has 8 nitrogen and oxygen atoms in total. The number of benzene rings is 3. The summed E-state index contributed by atoms with van der Waals surface area (Å²) in [5.74, 6) is 0.313. The predicted octanol–water partition coefficient (Wildman–Crippen LogP) is 6.39. The Balaban J connectivity index is 1.50. The molecule has 200 valence electrons. The van der Waals surface area contributed by atoms with Crippen LogP contribution in [0.4, 0.5) is 15.9 Å². The molecule has 0 radical (unpaired) electrons. The van der Waals surface area contributed by atoms with Gasteiger partial charge >= 0.3 is 0 Å². The first kappa shape index (κ1) is 25.4. The minimum Gasteiger partial charge on any atom is -0.497 e. The second kappa shape index (κ2) is 9.73. The van der Waals surface area contributed by atoms with E-state index in [9.17, 15) is 12.8 Å². The van der Waals surface area contributed by atoms with Crippen LogP contribution in [0.25, 0.3) is 33.1 Å². The lowest BCUT2D eigenvalue weighted by Crippen LogP contribution is -2.12. The number of fused-ring (bicyclic) bond motifs is 2. The topological polar surface area (TPSA) is 99.0 Å². The zero-order valence-corrected chi connectivity index (χ0v) is 22.7. The highest BCUT2D eigenvalue weighted by molar-refractivity contribution is 7.90. The van der Waals surface area contributed by atoms with E-state index in [1.807, 2.05) is 44.2 Å². The molecular formula is C30H24FN5O3S. The predicted molar refractivity (Wildman–Crippen MR) is 153 cm³/mol. The van der Waals surface area contributed by atoms with Gasteiger partial charge in [0.25, 0.3) is 10.0 Å². The van der Waals surface area contributed by atoms with Crippen LogP contribution in [0.2, 0.25) is 0 Å². The molecule has 0 aliphatic heterocycles. The molecule has 0 aliphatic carbocycles. The maximum absolute atomic E-state index is 14.7. The van der Waals surface area contributed by atoms with E-state index in [4.69, 9.17) is 4.74 Å². The lowest BCUT2D eigenvalue weighted by Gasteiger charge is -2.11. The van der Waals surface area contributed by atoms with Crippen molar-refractivity contribution in [1.82, 2.24) is 18.9 Å². The summed E-state index contributed by atoms with van der Waals surface area (Å²) in [5, 5.41) is 4.36. The smallest absolute Gasteiger partial charge is 0.269 e. The van der Waals surface area contributed by atoms with Crippen molar-refractivity contribution in [2.75, 3.05) is 12.4 Å². The number of methoxy groups -OCH3 is 1. The lowest BCUT2D eigenvalue weighted by molar-refractivity contribution is 0.411. The van der Waals surface area contributed by atoms with E-state index in [1.54, 1.807) is 42.6 Å². The van der Waals surface area contributed by atoms with Crippen molar-refractivity contribution in [3.05, 3.63) is 102 Å². The van der Waals surface area contributed by atoms with E-state index in [2.05, 4.69) is 20.3 Å². The third kappa shape index (κ3) is 4.42. The number of pyridine rings is 1. The largest absolute Gasteiger partial charge is 0.497 e. The minimum absolute atomic E-state index is 0.171. The second-order valence-corrected chi connectivity index (χ2v) is 11.2. The summed E-state index contributed by atoms with van der Waals surface area (Å²) < 4.78 is 48.4. The van der Waals surface area contributed by atoms with E-state index in [0.717, 1.165) is 11.1 Å². The van der Waals surface area contributed by atoms with Crippen LogP contribution in [-0.2, 0) is 10.0 Å². The van der Waals surface area contributed by atoms with Gasteiger partial charge in [0.05, 0.1) is 23.2 Å². The van der Waals surface area contributed by atoms with Gasteiger partial charge in [0, 0.05) is 34.3 Å². The first-order valence-corrected chi connectivity index (χ1v) is 13.9. The van der Waals surface area contributed by atoms with Crippen LogP contribution in [0.5, 0.6) is 5.75 Å². The Kier molecular flexibility index (Phi) is 6.19. The van der Waals surface area contributed by atoms with Gasteiger partial charge in [-0.15, -0.1) is 0 Å². The molecule has 40 heavy (non-hydrogen) atoms. The highest BCUT2D eigenvalue weighted by atomic mass is 32.2. The molecule has 6 rings (SSSR count). The summed E-state index contributed by atoms with van der Waals surface area (Å²) in [6, 6.07) is 20.5. The van der Waals surface area contributed by atoms with Gasteiger partial charge in [-0.25, -0.2) is 31.7 Å². The number of halogens is 1. The van der Waals surface area contributed by atoms with E-state index in [0.29, 0.717) is 44.8 Å². The molecular weight excluding hydrogens is 529 g/mol. The third-order valence-corrected chi connectivity index (χ3v) is 8.38. The molecule has 3 aromatic carbocycles. The molecule has 0 spiro atoms. The van der Waals surface area contributed by atoms with Gasteiger partial charge in [-0.2, -0.15) is 0 Å². The Bertz CT molecular complexity index is 2020. The summed E-state index contributed by atoms with van der Waals surface area (Å²) in [5.41, 5.74) is 4.26.